The molecule has 16 heavy (non-hydrogen) atoms. The molecule has 0 aliphatic carbocycles. The van der Waals surface area contributed by atoms with Gasteiger partial charge in [0.2, 0.25) is 0 Å². The summed E-state index contributed by atoms with van der Waals surface area (Å²) in [5.74, 6) is -0.463. The molecule has 0 saturated carbocycles. The first kappa shape index (κ1) is 12.5. The zero-order valence-electron chi connectivity index (χ0n) is 9.93. The minimum atomic E-state index is -0.427. The fourth-order valence-electron chi connectivity index (χ4n) is 1.26. The van der Waals surface area contributed by atoms with E-state index in [0.717, 1.165) is 0 Å². The topological polar surface area (TPSA) is 38.3 Å². The summed E-state index contributed by atoms with van der Waals surface area (Å²) < 4.78 is 17.9. The molecule has 0 heterocycles. The van der Waals surface area contributed by atoms with E-state index in [1.807, 2.05) is 20.8 Å². The van der Waals surface area contributed by atoms with Crippen molar-refractivity contribution in [1.29, 1.82) is 0 Å². The van der Waals surface area contributed by atoms with Crippen molar-refractivity contribution in [3.63, 3.8) is 0 Å². The van der Waals surface area contributed by atoms with Crippen LogP contribution in [0.5, 0.6) is 5.75 Å². The van der Waals surface area contributed by atoms with E-state index in [4.69, 9.17) is 4.74 Å². The Morgan fingerprint density at radius 2 is 2.00 bits per heavy atom. The van der Waals surface area contributed by atoms with E-state index in [2.05, 4.69) is 5.32 Å². The van der Waals surface area contributed by atoms with Gasteiger partial charge in [-0.05, 0) is 32.9 Å². The molecule has 1 amide bonds. The highest BCUT2D eigenvalue weighted by atomic mass is 19.1. The van der Waals surface area contributed by atoms with E-state index >= 15 is 0 Å². The number of amides is 1. The van der Waals surface area contributed by atoms with Crippen LogP contribution in [0.1, 0.15) is 31.1 Å². The highest BCUT2D eigenvalue weighted by Crippen LogP contribution is 2.20. The summed E-state index contributed by atoms with van der Waals surface area (Å²) in [7, 11) is 1.41. The van der Waals surface area contributed by atoms with Gasteiger partial charge in [0.25, 0.3) is 5.91 Å². The van der Waals surface area contributed by atoms with Crippen LogP contribution in [0.3, 0.4) is 0 Å². The predicted molar refractivity (Wildman–Crippen MR) is 60.2 cm³/mol. The van der Waals surface area contributed by atoms with E-state index < -0.39 is 5.82 Å². The molecule has 0 saturated heterocycles. The Kier molecular flexibility index (Phi) is 3.52. The number of nitrogens with one attached hydrogen (secondary N) is 1. The van der Waals surface area contributed by atoms with Gasteiger partial charge in [-0.3, -0.25) is 4.79 Å². The van der Waals surface area contributed by atoms with E-state index in [1.54, 1.807) is 0 Å². The van der Waals surface area contributed by atoms with E-state index in [9.17, 15) is 9.18 Å². The molecule has 0 bridgehead atoms. The molecule has 88 valence electrons. The Morgan fingerprint density at radius 3 is 2.50 bits per heavy atom. The number of carbonyl (C=O) groups is 1. The number of ether oxygens (including phenoxy) is 1. The molecular weight excluding hydrogens is 209 g/mol. The largest absolute Gasteiger partial charge is 0.496 e. The quantitative estimate of drug-likeness (QED) is 0.839. The average Bonchev–Trinajstić information content (AvgIpc) is 2.14. The van der Waals surface area contributed by atoms with Crippen LogP contribution in [0.25, 0.3) is 0 Å². The molecule has 0 radical (unpaired) electrons. The average molecular weight is 225 g/mol. The Bertz CT molecular complexity index is 396. The molecule has 0 aromatic heterocycles. The minimum Gasteiger partial charge on any atom is -0.496 e. The number of benzene rings is 1. The predicted octanol–water partition coefficient (Wildman–Crippen LogP) is 2.36. The molecule has 0 spiro atoms. The highest BCUT2D eigenvalue weighted by molar-refractivity contribution is 5.97. The number of halogens is 1. The van der Waals surface area contributed by atoms with Crippen LogP contribution < -0.4 is 10.1 Å². The van der Waals surface area contributed by atoms with E-state index in [0.29, 0.717) is 5.56 Å². The summed E-state index contributed by atoms with van der Waals surface area (Å²) in [5, 5.41) is 2.79. The van der Waals surface area contributed by atoms with Crippen molar-refractivity contribution in [2.24, 2.45) is 0 Å². The van der Waals surface area contributed by atoms with Crippen molar-refractivity contribution in [2.75, 3.05) is 7.11 Å². The zero-order valence-corrected chi connectivity index (χ0v) is 9.93. The lowest BCUT2D eigenvalue weighted by atomic mass is 10.1. The van der Waals surface area contributed by atoms with Gasteiger partial charge in [0, 0.05) is 11.6 Å². The second-order valence-corrected chi connectivity index (χ2v) is 4.55. The standard InChI is InChI=1S/C12H16FNO2/c1-12(2,3)14-11(15)9-6-5-8(13)7-10(9)16-4/h5-7H,1-4H3,(H,14,15). The SMILES string of the molecule is COc1cc(F)ccc1C(=O)NC(C)(C)C. The number of carbonyl (C=O) groups excluding carboxylic acids is 1. The maximum absolute atomic E-state index is 12.9. The van der Waals surface area contributed by atoms with Crippen LogP contribution in [0.15, 0.2) is 18.2 Å². The first-order chi connectivity index (χ1) is 7.33. The Morgan fingerprint density at radius 1 is 1.38 bits per heavy atom. The van der Waals surface area contributed by atoms with Gasteiger partial charge in [0.15, 0.2) is 0 Å². The first-order valence-electron chi connectivity index (χ1n) is 4.99. The van der Waals surface area contributed by atoms with Crippen LogP contribution in [-0.2, 0) is 0 Å². The van der Waals surface area contributed by atoms with Crippen LogP contribution in [-0.4, -0.2) is 18.6 Å². The molecule has 0 aliphatic rings. The van der Waals surface area contributed by atoms with Gasteiger partial charge in [0.05, 0.1) is 12.7 Å². The second kappa shape index (κ2) is 4.51. The van der Waals surface area contributed by atoms with Gasteiger partial charge >= 0.3 is 0 Å². The van der Waals surface area contributed by atoms with Gasteiger partial charge in [-0.2, -0.15) is 0 Å². The number of rotatable bonds is 2. The highest BCUT2D eigenvalue weighted by Gasteiger charge is 2.18. The molecule has 4 heteroatoms. The molecule has 0 atom stereocenters. The van der Waals surface area contributed by atoms with Crippen LogP contribution in [0, 0.1) is 5.82 Å². The van der Waals surface area contributed by atoms with Gasteiger partial charge in [-0.15, -0.1) is 0 Å². The number of methoxy groups -OCH3 is 1. The third-order valence-corrected chi connectivity index (χ3v) is 1.90. The Hall–Kier alpha value is -1.58. The smallest absolute Gasteiger partial charge is 0.255 e. The summed E-state index contributed by atoms with van der Waals surface area (Å²) in [4.78, 5) is 11.8. The Balaban J connectivity index is 2.99. The maximum Gasteiger partial charge on any atom is 0.255 e. The van der Waals surface area contributed by atoms with E-state index in [1.165, 1.54) is 25.3 Å². The minimum absolute atomic E-state index is 0.238. The van der Waals surface area contributed by atoms with Crippen molar-refractivity contribution >= 4 is 5.91 Å². The van der Waals surface area contributed by atoms with Crippen LogP contribution >= 0.6 is 0 Å². The summed E-state index contributed by atoms with van der Waals surface area (Å²) in [6.07, 6.45) is 0. The molecule has 0 aliphatic heterocycles. The van der Waals surface area contributed by atoms with Gasteiger partial charge in [0.1, 0.15) is 11.6 Å². The normalized spacial score (nSPS) is 11.1. The second-order valence-electron chi connectivity index (χ2n) is 4.55. The van der Waals surface area contributed by atoms with Crippen molar-refractivity contribution < 1.29 is 13.9 Å². The fraction of sp³-hybridized carbons (Fsp3) is 0.417. The fourth-order valence-corrected chi connectivity index (χ4v) is 1.26. The Labute approximate surface area is 94.6 Å². The molecule has 3 nitrogen and oxygen atoms in total. The summed E-state index contributed by atoms with van der Waals surface area (Å²) in [5.41, 5.74) is -0.00458. The summed E-state index contributed by atoms with van der Waals surface area (Å²) in [6.45, 7) is 5.63. The van der Waals surface area contributed by atoms with Crippen LogP contribution in [0.4, 0.5) is 4.39 Å². The number of hydrogen-bond donors (Lipinski definition) is 1. The molecule has 1 aromatic carbocycles. The monoisotopic (exact) mass is 225 g/mol. The summed E-state index contributed by atoms with van der Waals surface area (Å²) in [6, 6.07) is 3.84. The third-order valence-electron chi connectivity index (χ3n) is 1.90. The lowest BCUT2D eigenvalue weighted by molar-refractivity contribution is 0.0916. The molecule has 1 aromatic rings. The van der Waals surface area contributed by atoms with Crippen molar-refractivity contribution in [2.45, 2.75) is 26.3 Å². The van der Waals surface area contributed by atoms with Crippen molar-refractivity contribution in [1.82, 2.24) is 5.32 Å². The van der Waals surface area contributed by atoms with E-state index in [-0.39, 0.29) is 17.2 Å². The van der Waals surface area contributed by atoms with Gasteiger partial charge in [-0.1, -0.05) is 0 Å². The summed E-state index contributed by atoms with van der Waals surface area (Å²) >= 11 is 0. The first-order valence-corrected chi connectivity index (χ1v) is 4.99. The molecule has 1 rings (SSSR count). The molecule has 0 fully saturated rings. The number of hydrogen-bond acceptors (Lipinski definition) is 2. The maximum atomic E-state index is 12.9. The molecule has 0 unspecified atom stereocenters. The third kappa shape index (κ3) is 3.22. The lowest BCUT2D eigenvalue weighted by Crippen LogP contribution is -2.40. The van der Waals surface area contributed by atoms with Crippen molar-refractivity contribution in [3.8, 4) is 5.75 Å². The molecular formula is C12H16FNO2. The van der Waals surface area contributed by atoms with Crippen LogP contribution in [0.2, 0.25) is 0 Å². The van der Waals surface area contributed by atoms with Gasteiger partial charge < -0.3 is 10.1 Å². The van der Waals surface area contributed by atoms with Crippen molar-refractivity contribution in [3.05, 3.63) is 29.6 Å². The molecule has 1 N–H and O–H groups in total. The lowest BCUT2D eigenvalue weighted by Gasteiger charge is -2.21. The van der Waals surface area contributed by atoms with Gasteiger partial charge in [-0.25, -0.2) is 4.39 Å². The zero-order chi connectivity index (χ0) is 12.3.